The molecule has 0 spiro atoms. The summed E-state index contributed by atoms with van der Waals surface area (Å²) >= 11 is 5.74. The summed E-state index contributed by atoms with van der Waals surface area (Å²) in [5.41, 5.74) is -1.22. The third-order valence-corrected chi connectivity index (χ3v) is 3.66. The number of carboxylic acids is 1. The summed E-state index contributed by atoms with van der Waals surface area (Å²) in [6.45, 7) is 0. The van der Waals surface area contributed by atoms with E-state index in [-0.39, 0.29) is 21.6 Å². The maximum atomic E-state index is 14.1. The third-order valence-electron chi connectivity index (χ3n) is 3.37. The van der Waals surface area contributed by atoms with E-state index in [1.54, 1.807) is 0 Å². The first-order valence-electron chi connectivity index (χ1n) is 6.43. The number of carbonyl (C=O) groups is 1. The zero-order chi connectivity index (χ0) is 16.7. The Hall–Kier alpha value is -2.73. The second kappa shape index (κ2) is 5.48. The van der Waals surface area contributed by atoms with Gasteiger partial charge >= 0.3 is 5.97 Å². The molecule has 0 saturated heterocycles. The first-order valence-corrected chi connectivity index (χ1v) is 6.81. The van der Waals surface area contributed by atoms with Gasteiger partial charge in [0.05, 0.1) is 16.2 Å². The van der Waals surface area contributed by atoms with Crippen LogP contribution >= 0.6 is 11.6 Å². The number of carboxylic acid groups (broad SMARTS) is 1. The van der Waals surface area contributed by atoms with Crippen LogP contribution in [0.5, 0.6) is 0 Å². The van der Waals surface area contributed by atoms with Crippen LogP contribution in [-0.2, 0) is 0 Å². The normalized spacial score (nSPS) is 10.9. The molecular formula is C16H8ClF2NO3. The lowest BCUT2D eigenvalue weighted by Gasteiger charge is -2.15. The summed E-state index contributed by atoms with van der Waals surface area (Å²) in [5, 5.41) is 8.94. The highest BCUT2D eigenvalue weighted by atomic mass is 35.5. The molecule has 4 nitrogen and oxygen atoms in total. The van der Waals surface area contributed by atoms with Gasteiger partial charge in [-0.3, -0.25) is 4.79 Å². The molecule has 0 atom stereocenters. The lowest BCUT2D eigenvalue weighted by molar-refractivity contribution is 0.0687. The Balaban J connectivity index is 2.57. The zero-order valence-electron chi connectivity index (χ0n) is 11.4. The van der Waals surface area contributed by atoms with E-state index in [1.165, 1.54) is 18.2 Å². The fraction of sp³-hybridized carbons (Fsp3) is 0. The topological polar surface area (TPSA) is 59.3 Å². The number of rotatable bonds is 2. The highest BCUT2D eigenvalue weighted by Crippen LogP contribution is 2.26. The number of hydrogen-bond acceptors (Lipinski definition) is 2. The van der Waals surface area contributed by atoms with Crippen LogP contribution < -0.4 is 5.43 Å². The second-order valence-electron chi connectivity index (χ2n) is 4.77. The van der Waals surface area contributed by atoms with Gasteiger partial charge in [-0.1, -0.05) is 23.7 Å². The van der Waals surface area contributed by atoms with Crippen molar-refractivity contribution in [3.8, 4) is 5.69 Å². The van der Waals surface area contributed by atoms with Crippen LogP contribution in [0, 0.1) is 11.6 Å². The summed E-state index contributed by atoms with van der Waals surface area (Å²) in [4.78, 5) is 23.5. The summed E-state index contributed by atoms with van der Waals surface area (Å²) in [6.07, 6.45) is 0. The molecule has 3 aromatic rings. The van der Waals surface area contributed by atoms with Crippen molar-refractivity contribution in [2.45, 2.75) is 0 Å². The van der Waals surface area contributed by atoms with E-state index < -0.39 is 28.7 Å². The average Bonchev–Trinajstić information content (AvgIpc) is 2.50. The first kappa shape index (κ1) is 15.2. The largest absolute Gasteiger partial charge is 0.477 e. The number of nitrogens with zero attached hydrogens (tertiary/aromatic N) is 1. The quantitative estimate of drug-likeness (QED) is 0.778. The van der Waals surface area contributed by atoms with Crippen molar-refractivity contribution in [2.75, 3.05) is 0 Å². The Kier molecular flexibility index (Phi) is 3.61. The number of pyridine rings is 1. The number of fused-ring (bicyclic) bond motifs is 1. The molecule has 0 unspecified atom stereocenters. The van der Waals surface area contributed by atoms with E-state index in [2.05, 4.69) is 0 Å². The monoisotopic (exact) mass is 335 g/mol. The van der Waals surface area contributed by atoms with Gasteiger partial charge in [-0.05, 0) is 24.3 Å². The molecule has 0 aliphatic heterocycles. The zero-order valence-corrected chi connectivity index (χ0v) is 12.1. The number of para-hydroxylation sites is 1. The van der Waals surface area contributed by atoms with Crippen molar-refractivity contribution in [1.82, 2.24) is 4.57 Å². The van der Waals surface area contributed by atoms with Crippen LogP contribution in [0.25, 0.3) is 16.6 Å². The molecule has 116 valence electrons. The van der Waals surface area contributed by atoms with Crippen LogP contribution in [0.3, 0.4) is 0 Å². The first-order chi connectivity index (χ1) is 10.9. The van der Waals surface area contributed by atoms with E-state index in [0.29, 0.717) is 0 Å². The van der Waals surface area contributed by atoms with E-state index >= 15 is 0 Å². The average molecular weight is 336 g/mol. The second-order valence-corrected chi connectivity index (χ2v) is 5.18. The van der Waals surface area contributed by atoms with Gasteiger partial charge in [0.2, 0.25) is 0 Å². The van der Waals surface area contributed by atoms with Crippen LogP contribution in [0.2, 0.25) is 5.02 Å². The summed E-state index contributed by atoms with van der Waals surface area (Å²) < 4.78 is 28.8. The molecular weight excluding hydrogens is 328 g/mol. The van der Waals surface area contributed by atoms with E-state index in [0.717, 1.165) is 28.8 Å². The van der Waals surface area contributed by atoms with Gasteiger partial charge in [-0.15, -0.1) is 0 Å². The minimum atomic E-state index is -1.42. The molecule has 7 heteroatoms. The number of aromatic nitrogens is 1. The lowest BCUT2D eigenvalue weighted by atomic mass is 10.1. The van der Waals surface area contributed by atoms with Crippen LogP contribution in [0.4, 0.5) is 8.78 Å². The lowest BCUT2D eigenvalue weighted by Crippen LogP contribution is -2.18. The molecule has 0 saturated carbocycles. The van der Waals surface area contributed by atoms with Gasteiger partial charge in [-0.25, -0.2) is 13.6 Å². The van der Waals surface area contributed by atoms with E-state index in [1.807, 2.05) is 0 Å². The van der Waals surface area contributed by atoms with Gasteiger partial charge in [0.1, 0.15) is 17.3 Å². The molecule has 0 amide bonds. The molecule has 0 bridgehead atoms. The number of aromatic carboxylic acids is 1. The van der Waals surface area contributed by atoms with Gasteiger partial charge in [0.15, 0.2) is 5.43 Å². The van der Waals surface area contributed by atoms with Gasteiger partial charge in [-0.2, -0.15) is 0 Å². The number of halogens is 3. The predicted octanol–water partition coefficient (Wildman–Crippen LogP) is 3.62. The molecule has 0 aliphatic carbocycles. The molecule has 1 N–H and O–H groups in total. The third kappa shape index (κ3) is 2.47. The molecule has 0 fully saturated rings. The maximum Gasteiger partial charge on any atom is 0.353 e. The van der Waals surface area contributed by atoms with Crippen molar-refractivity contribution < 1.29 is 18.7 Å². The number of hydrogen-bond donors (Lipinski definition) is 1. The molecule has 0 aliphatic rings. The van der Waals surface area contributed by atoms with E-state index in [4.69, 9.17) is 11.6 Å². The van der Waals surface area contributed by atoms with Gasteiger partial charge < -0.3 is 9.67 Å². The fourth-order valence-corrected chi connectivity index (χ4v) is 2.52. The molecule has 3 rings (SSSR count). The number of benzene rings is 2. The molecule has 1 heterocycles. The van der Waals surface area contributed by atoms with E-state index in [9.17, 15) is 23.5 Å². The molecule has 23 heavy (non-hydrogen) atoms. The van der Waals surface area contributed by atoms with Crippen LogP contribution in [0.15, 0.2) is 47.3 Å². The van der Waals surface area contributed by atoms with Gasteiger partial charge in [0.25, 0.3) is 0 Å². The van der Waals surface area contributed by atoms with Crippen LogP contribution in [0.1, 0.15) is 10.5 Å². The van der Waals surface area contributed by atoms with Crippen LogP contribution in [-0.4, -0.2) is 15.6 Å². The van der Waals surface area contributed by atoms with Crippen molar-refractivity contribution in [3.63, 3.8) is 0 Å². The molecule has 0 radical (unpaired) electrons. The summed E-state index contributed by atoms with van der Waals surface area (Å²) in [7, 11) is 0. The highest BCUT2D eigenvalue weighted by molar-refractivity contribution is 6.31. The van der Waals surface area contributed by atoms with Crippen molar-refractivity contribution in [2.24, 2.45) is 0 Å². The Bertz CT molecular complexity index is 1010. The van der Waals surface area contributed by atoms with Crippen molar-refractivity contribution >= 4 is 28.5 Å². The predicted molar refractivity (Wildman–Crippen MR) is 81.4 cm³/mol. The maximum absolute atomic E-state index is 14.1. The smallest absolute Gasteiger partial charge is 0.353 e. The Labute approximate surface area is 133 Å². The standard InChI is InChI=1S/C16H8ClF2NO3/c17-9-6-13-8(5-11(9)19)15(21)7-14(16(22)23)20(13)12-4-2-1-3-10(12)18/h1-7H,(H,22,23). The van der Waals surface area contributed by atoms with Crippen molar-refractivity contribution in [3.05, 3.63) is 75.0 Å². The van der Waals surface area contributed by atoms with Crippen molar-refractivity contribution in [1.29, 1.82) is 0 Å². The Morgan fingerprint density at radius 3 is 2.43 bits per heavy atom. The Morgan fingerprint density at radius 2 is 1.78 bits per heavy atom. The minimum Gasteiger partial charge on any atom is -0.477 e. The highest BCUT2D eigenvalue weighted by Gasteiger charge is 2.19. The minimum absolute atomic E-state index is 0.00593. The fourth-order valence-electron chi connectivity index (χ4n) is 2.36. The molecule has 2 aromatic carbocycles. The Morgan fingerprint density at radius 1 is 1.09 bits per heavy atom. The SMILES string of the molecule is O=C(O)c1cc(=O)c2cc(F)c(Cl)cc2n1-c1ccccc1F. The summed E-state index contributed by atoms with van der Waals surface area (Å²) in [5.74, 6) is -2.94. The van der Waals surface area contributed by atoms with Gasteiger partial charge in [0, 0.05) is 11.5 Å². The summed E-state index contributed by atoms with van der Waals surface area (Å²) in [6, 6.07) is 8.29. The molecule has 1 aromatic heterocycles.